The van der Waals surface area contributed by atoms with Crippen molar-refractivity contribution in [3.8, 4) is 0 Å². The zero-order valence-corrected chi connectivity index (χ0v) is 23.7. The van der Waals surface area contributed by atoms with Crippen molar-refractivity contribution in [1.29, 1.82) is 0 Å². The Morgan fingerprint density at radius 3 is 2.59 bits per heavy atom. The van der Waals surface area contributed by atoms with Crippen molar-refractivity contribution < 1.29 is 33.8 Å². The van der Waals surface area contributed by atoms with Crippen LogP contribution in [-0.2, 0) is 28.7 Å². The average molecular weight is 537 g/mol. The Kier molecular flexibility index (Phi) is 8.31. The number of aliphatic hydroxyl groups excluding tert-OH is 1. The number of hydrogen-bond acceptors (Lipinski definition) is 7. The molecule has 2 fully saturated rings. The molecule has 39 heavy (non-hydrogen) atoms. The second kappa shape index (κ2) is 11.2. The molecular formula is C32H40O7. The number of esters is 1. The molecule has 7 heteroatoms. The molecule has 4 aliphatic rings. The number of ether oxygens (including phenoxy) is 2. The third-order valence-electron chi connectivity index (χ3n) is 8.70. The van der Waals surface area contributed by atoms with Gasteiger partial charge in [-0.3, -0.25) is 19.2 Å². The molecule has 0 radical (unpaired) electrons. The first-order valence-electron chi connectivity index (χ1n) is 14.0. The smallest absolute Gasteiger partial charge is 0.318 e. The molecule has 0 spiro atoms. The van der Waals surface area contributed by atoms with Crippen molar-refractivity contribution >= 4 is 23.3 Å². The fourth-order valence-electron chi connectivity index (χ4n) is 6.50. The Hall–Kier alpha value is -3.06. The summed E-state index contributed by atoms with van der Waals surface area (Å²) in [5, 5.41) is 9.96. The number of carbonyl (C=O) groups excluding carboxylic acids is 4. The highest BCUT2D eigenvalue weighted by Gasteiger charge is 2.62. The predicted molar refractivity (Wildman–Crippen MR) is 146 cm³/mol. The molecule has 8 atom stereocenters. The molecule has 0 amide bonds. The quantitative estimate of drug-likeness (QED) is 0.202. The van der Waals surface area contributed by atoms with Gasteiger partial charge in [0.1, 0.15) is 17.5 Å². The van der Waals surface area contributed by atoms with E-state index in [9.17, 15) is 24.3 Å². The molecule has 0 bridgehead atoms. The zero-order chi connectivity index (χ0) is 28.6. The molecule has 210 valence electrons. The van der Waals surface area contributed by atoms with Gasteiger partial charge in [0.05, 0.1) is 24.2 Å². The van der Waals surface area contributed by atoms with Crippen molar-refractivity contribution in [2.24, 2.45) is 35.5 Å². The Bertz CT molecular complexity index is 1210. The first-order valence-corrected chi connectivity index (χ1v) is 14.0. The lowest BCUT2D eigenvalue weighted by Crippen LogP contribution is -2.46. The molecule has 1 saturated heterocycles. The second-order valence-corrected chi connectivity index (χ2v) is 12.1. The summed E-state index contributed by atoms with van der Waals surface area (Å²) in [5.74, 6) is -2.99. The molecule has 1 saturated carbocycles. The summed E-state index contributed by atoms with van der Waals surface area (Å²) in [6.45, 7) is 11.9. The molecule has 2 aliphatic heterocycles. The SMILES string of the molecule is CCC(C)CC(C)/C=C(C)/C=C/C(=O)[C@H]1C(=O)O[C@@]2(C)C(=O)C=C3C=C([C@H]4C(=O)C[C@H](O)C[C@@H]4C)OC=C3[C@@H]12. The Morgan fingerprint density at radius 2 is 1.92 bits per heavy atom. The summed E-state index contributed by atoms with van der Waals surface area (Å²) in [4.78, 5) is 52.3. The van der Waals surface area contributed by atoms with Crippen molar-refractivity contribution in [2.75, 3.05) is 0 Å². The summed E-state index contributed by atoms with van der Waals surface area (Å²) in [6, 6.07) is 0. The van der Waals surface area contributed by atoms with Crippen LogP contribution in [0, 0.1) is 35.5 Å². The first-order chi connectivity index (χ1) is 18.3. The summed E-state index contributed by atoms with van der Waals surface area (Å²) in [5.41, 5.74) is 0.467. The summed E-state index contributed by atoms with van der Waals surface area (Å²) >= 11 is 0. The molecule has 4 rings (SSSR count). The monoisotopic (exact) mass is 536 g/mol. The van der Waals surface area contributed by atoms with Gasteiger partial charge in [0.25, 0.3) is 0 Å². The standard InChI is InChI=1S/C32H40O7/c1-7-17(2)10-19(4)11-18(3)8-9-24(34)29-30-23-16-38-26(28-20(5)12-22(33)15-25(28)35)13-21(23)14-27(36)32(30,6)39-31(29)37/h8-9,11,13-14,16-17,19-20,22,28-30,33H,7,10,12,15H2,1-6H3/b9-8+,18-11+/t17?,19?,20-,22+,28+,29+,30-,32-/m0/s1. The Labute approximate surface area is 230 Å². The number of aliphatic hydroxyl groups is 1. The molecule has 2 heterocycles. The van der Waals surface area contributed by atoms with Crippen molar-refractivity contribution in [2.45, 2.75) is 78.9 Å². The molecule has 2 aliphatic carbocycles. The molecule has 2 unspecified atom stereocenters. The maximum atomic E-state index is 13.4. The normalized spacial score (nSPS) is 34.3. The minimum atomic E-state index is -1.51. The van der Waals surface area contributed by atoms with Crippen LogP contribution in [0.25, 0.3) is 0 Å². The summed E-state index contributed by atoms with van der Waals surface area (Å²) in [7, 11) is 0. The van der Waals surface area contributed by atoms with Crippen LogP contribution in [0.1, 0.15) is 67.2 Å². The lowest BCUT2D eigenvalue weighted by Gasteiger charge is -2.37. The maximum Gasteiger partial charge on any atom is 0.318 e. The molecule has 0 aromatic rings. The van der Waals surface area contributed by atoms with E-state index in [2.05, 4.69) is 26.8 Å². The van der Waals surface area contributed by atoms with Crippen molar-refractivity contribution in [3.05, 3.63) is 59.1 Å². The van der Waals surface area contributed by atoms with Crippen LogP contribution >= 0.6 is 0 Å². The van der Waals surface area contributed by atoms with E-state index in [0.717, 1.165) is 18.4 Å². The van der Waals surface area contributed by atoms with E-state index < -0.39 is 47.0 Å². The van der Waals surface area contributed by atoms with E-state index in [-0.39, 0.29) is 18.1 Å². The van der Waals surface area contributed by atoms with E-state index >= 15 is 0 Å². The van der Waals surface area contributed by atoms with E-state index in [0.29, 0.717) is 35.2 Å². The molecular weight excluding hydrogens is 496 g/mol. The zero-order valence-electron chi connectivity index (χ0n) is 23.7. The van der Waals surface area contributed by atoms with Gasteiger partial charge in [0, 0.05) is 12.0 Å². The van der Waals surface area contributed by atoms with Crippen LogP contribution in [0.4, 0.5) is 0 Å². The van der Waals surface area contributed by atoms with Gasteiger partial charge in [-0.1, -0.05) is 51.8 Å². The van der Waals surface area contributed by atoms with Gasteiger partial charge in [-0.25, -0.2) is 0 Å². The largest absolute Gasteiger partial charge is 0.468 e. The fourth-order valence-corrected chi connectivity index (χ4v) is 6.50. The molecule has 0 aromatic heterocycles. The van der Waals surface area contributed by atoms with Crippen LogP contribution in [-0.4, -0.2) is 40.1 Å². The summed E-state index contributed by atoms with van der Waals surface area (Å²) in [6.07, 6.45) is 11.8. The van der Waals surface area contributed by atoms with Crippen LogP contribution in [0.3, 0.4) is 0 Å². The van der Waals surface area contributed by atoms with Gasteiger partial charge in [-0.15, -0.1) is 0 Å². The average Bonchev–Trinajstić information content (AvgIpc) is 3.13. The van der Waals surface area contributed by atoms with Gasteiger partial charge in [-0.2, -0.15) is 0 Å². The third-order valence-corrected chi connectivity index (χ3v) is 8.70. The molecule has 0 aromatic carbocycles. The Morgan fingerprint density at radius 1 is 1.21 bits per heavy atom. The van der Waals surface area contributed by atoms with Gasteiger partial charge in [0.2, 0.25) is 0 Å². The number of rotatable bonds is 8. The number of Topliss-reactive ketones (excluding diaryl/α,β-unsaturated/α-hetero) is 1. The lowest BCUT2D eigenvalue weighted by molar-refractivity contribution is -0.156. The number of hydrogen-bond donors (Lipinski definition) is 1. The lowest BCUT2D eigenvalue weighted by atomic mass is 9.67. The Balaban J connectivity index is 1.58. The van der Waals surface area contributed by atoms with Gasteiger partial charge in [-0.05, 0) is 68.2 Å². The number of ketones is 3. The van der Waals surface area contributed by atoms with E-state index in [4.69, 9.17) is 9.47 Å². The van der Waals surface area contributed by atoms with E-state index in [1.54, 1.807) is 12.2 Å². The van der Waals surface area contributed by atoms with Crippen LogP contribution in [0.2, 0.25) is 0 Å². The highest BCUT2D eigenvalue weighted by Crippen LogP contribution is 2.50. The highest BCUT2D eigenvalue weighted by atomic mass is 16.6. The molecule has 7 nitrogen and oxygen atoms in total. The minimum Gasteiger partial charge on any atom is -0.468 e. The third kappa shape index (κ3) is 5.65. The van der Waals surface area contributed by atoms with Crippen LogP contribution in [0.15, 0.2) is 59.1 Å². The van der Waals surface area contributed by atoms with E-state index in [1.807, 2.05) is 13.8 Å². The predicted octanol–water partition coefficient (Wildman–Crippen LogP) is 4.96. The van der Waals surface area contributed by atoms with E-state index in [1.165, 1.54) is 25.3 Å². The van der Waals surface area contributed by atoms with Gasteiger partial charge in [0.15, 0.2) is 17.2 Å². The molecule has 1 N–H and O–H groups in total. The minimum absolute atomic E-state index is 0.0560. The van der Waals surface area contributed by atoms with Crippen molar-refractivity contribution in [3.63, 3.8) is 0 Å². The maximum absolute atomic E-state index is 13.4. The van der Waals surface area contributed by atoms with Crippen LogP contribution < -0.4 is 0 Å². The number of allylic oxidation sites excluding steroid dienone is 7. The van der Waals surface area contributed by atoms with Crippen LogP contribution in [0.5, 0.6) is 0 Å². The van der Waals surface area contributed by atoms with Gasteiger partial charge >= 0.3 is 5.97 Å². The summed E-state index contributed by atoms with van der Waals surface area (Å²) < 4.78 is 11.5. The van der Waals surface area contributed by atoms with Gasteiger partial charge < -0.3 is 14.6 Å². The number of carbonyl (C=O) groups is 4. The topological polar surface area (TPSA) is 107 Å². The highest BCUT2D eigenvalue weighted by molar-refractivity contribution is 6.12. The van der Waals surface area contributed by atoms with Crippen molar-refractivity contribution in [1.82, 2.24) is 0 Å². The second-order valence-electron chi connectivity index (χ2n) is 12.1. The number of fused-ring (bicyclic) bond motifs is 3. The first kappa shape index (κ1) is 28.9. The fraction of sp³-hybridized carbons (Fsp3) is 0.562.